The van der Waals surface area contributed by atoms with E-state index in [0.29, 0.717) is 11.3 Å². The second-order valence-corrected chi connectivity index (χ2v) is 7.26. The standard InChI is InChI=1S/C20H23N3O6/c1-12-7-3-6-10-15(12)23-18(26)17(25)22(20(23)28)11-16(24)21-14-9-5-4-8-13(14)19(27)29-2/h4-5,8-9,12,15H,3,6-7,10-11H2,1-2H3,(H,21,24)/t12-,15+/m1/s1. The number of ether oxygens (including phenoxy) is 1. The SMILES string of the molecule is COC(=O)c1ccccc1NC(=O)CN1C(=O)C(=O)N([C@H]2CCCC[C@H]2C)C1=O. The van der Waals surface area contributed by atoms with Gasteiger partial charge in [-0.05, 0) is 30.9 Å². The molecule has 1 saturated carbocycles. The number of methoxy groups -OCH3 is 1. The van der Waals surface area contributed by atoms with Gasteiger partial charge in [0.25, 0.3) is 0 Å². The molecule has 1 aliphatic carbocycles. The van der Waals surface area contributed by atoms with Gasteiger partial charge in [0.2, 0.25) is 5.91 Å². The second-order valence-electron chi connectivity index (χ2n) is 7.26. The maximum absolute atomic E-state index is 12.7. The van der Waals surface area contributed by atoms with E-state index in [1.54, 1.807) is 12.1 Å². The molecule has 0 aromatic heterocycles. The molecule has 1 saturated heterocycles. The zero-order chi connectivity index (χ0) is 21.1. The van der Waals surface area contributed by atoms with Gasteiger partial charge in [-0.25, -0.2) is 14.5 Å². The number of urea groups is 1. The number of nitrogens with one attached hydrogen (secondary N) is 1. The fraction of sp³-hybridized carbons (Fsp3) is 0.450. The number of imide groups is 2. The summed E-state index contributed by atoms with van der Waals surface area (Å²) < 4.78 is 4.67. The van der Waals surface area contributed by atoms with Crippen LogP contribution in [0.5, 0.6) is 0 Å². The number of para-hydroxylation sites is 1. The zero-order valence-corrected chi connectivity index (χ0v) is 16.3. The monoisotopic (exact) mass is 401 g/mol. The van der Waals surface area contributed by atoms with E-state index in [4.69, 9.17) is 0 Å². The highest BCUT2D eigenvalue weighted by Gasteiger charge is 2.49. The van der Waals surface area contributed by atoms with Crippen molar-refractivity contribution < 1.29 is 28.7 Å². The lowest BCUT2D eigenvalue weighted by Gasteiger charge is -2.34. The maximum atomic E-state index is 12.7. The molecule has 2 fully saturated rings. The van der Waals surface area contributed by atoms with Crippen molar-refractivity contribution in [1.29, 1.82) is 0 Å². The predicted molar refractivity (Wildman–Crippen MR) is 102 cm³/mol. The molecule has 1 aromatic rings. The van der Waals surface area contributed by atoms with Crippen molar-refractivity contribution in [3.8, 4) is 0 Å². The van der Waals surface area contributed by atoms with Crippen LogP contribution in [0.25, 0.3) is 0 Å². The number of esters is 1. The lowest BCUT2D eigenvalue weighted by atomic mass is 9.85. The van der Waals surface area contributed by atoms with Crippen LogP contribution in [0.3, 0.4) is 0 Å². The number of benzene rings is 1. The Labute approximate surface area is 168 Å². The number of rotatable bonds is 5. The molecule has 3 rings (SSSR count). The van der Waals surface area contributed by atoms with Crippen LogP contribution in [0, 0.1) is 5.92 Å². The van der Waals surface area contributed by atoms with Gasteiger partial charge in [-0.2, -0.15) is 0 Å². The Morgan fingerprint density at radius 1 is 1.10 bits per heavy atom. The van der Waals surface area contributed by atoms with Gasteiger partial charge in [-0.1, -0.05) is 31.9 Å². The van der Waals surface area contributed by atoms with Crippen LogP contribution in [-0.4, -0.2) is 59.2 Å². The minimum Gasteiger partial charge on any atom is -0.465 e. The second kappa shape index (κ2) is 8.42. The highest BCUT2D eigenvalue weighted by atomic mass is 16.5. The van der Waals surface area contributed by atoms with Gasteiger partial charge < -0.3 is 10.1 Å². The van der Waals surface area contributed by atoms with Gasteiger partial charge in [0.15, 0.2) is 0 Å². The molecule has 1 aromatic carbocycles. The summed E-state index contributed by atoms with van der Waals surface area (Å²) in [5.74, 6) is -3.14. The van der Waals surface area contributed by atoms with E-state index in [2.05, 4.69) is 10.1 Å². The van der Waals surface area contributed by atoms with Crippen molar-refractivity contribution in [3.63, 3.8) is 0 Å². The van der Waals surface area contributed by atoms with Gasteiger partial charge in [0.1, 0.15) is 6.54 Å². The lowest BCUT2D eigenvalue weighted by Crippen LogP contribution is -2.46. The molecule has 1 aliphatic heterocycles. The molecule has 1 N–H and O–H groups in total. The Kier molecular flexibility index (Phi) is 5.95. The first-order valence-corrected chi connectivity index (χ1v) is 9.51. The lowest BCUT2D eigenvalue weighted by molar-refractivity contribution is -0.145. The van der Waals surface area contributed by atoms with E-state index < -0.39 is 36.3 Å². The van der Waals surface area contributed by atoms with Crippen molar-refractivity contribution in [3.05, 3.63) is 29.8 Å². The molecule has 9 nitrogen and oxygen atoms in total. The number of hydrogen-bond donors (Lipinski definition) is 1. The van der Waals surface area contributed by atoms with E-state index in [1.165, 1.54) is 19.2 Å². The van der Waals surface area contributed by atoms with Gasteiger partial charge in [0, 0.05) is 6.04 Å². The van der Waals surface area contributed by atoms with Crippen LogP contribution < -0.4 is 5.32 Å². The Bertz CT molecular complexity index is 868. The summed E-state index contributed by atoms with van der Waals surface area (Å²) >= 11 is 0. The Hall–Kier alpha value is -3.23. The molecule has 29 heavy (non-hydrogen) atoms. The van der Waals surface area contributed by atoms with Crippen molar-refractivity contribution in [2.75, 3.05) is 19.0 Å². The summed E-state index contributed by atoms with van der Waals surface area (Å²) in [6, 6.07) is 5.10. The van der Waals surface area contributed by atoms with Gasteiger partial charge >= 0.3 is 23.8 Å². The summed E-state index contributed by atoms with van der Waals surface area (Å²) in [6.07, 6.45) is 3.43. The molecule has 2 atom stereocenters. The van der Waals surface area contributed by atoms with E-state index in [1.807, 2.05) is 6.92 Å². The molecule has 9 heteroatoms. The zero-order valence-electron chi connectivity index (χ0n) is 16.3. The van der Waals surface area contributed by atoms with Crippen LogP contribution in [0.4, 0.5) is 10.5 Å². The summed E-state index contributed by atoms with van der Waals surface area (Å²) in [4.78, 5) is 63.4. The molecule has 0 spiro atoms. The fourth-order valence-corrected chi connectivity index (χ4v) is 3.85. The third-order valence-electron chi connectivity index (χ3n) is 5.39. The highest BCUT2D eigenvalue weighted by molar-refractivity contribution is 6.45. The maximum Gasteiger partial charge on any atom is 0.339 e. The molecule has 5 amide bonds. The first kappa shape index (κ1) is 20.5. The van der Waals surface area contributed by atoms with Crippen LogP contribution in [-0.2, 0) is 19.1 Å². The first-order valence-electron chi connectivity index (χ1n) is 9.51. The number of carbonyl (C=O) groups excluding carboxylic acids is 5. The topological polar surface area (TPSA) is 113 Å². The Morgan fingerprint density at radius 2 is 1.79 bits per heavy atom. The largest absolute Gasteiger partial charge is 0.465 e. The summed E-state index contributed by atoms with van der Waals surface area (Å²) in [6.45, 7) is 1.34. The van der Waals surface area contributed by atoms with Crippen LogP contribution in [0.2, 0.25) is 0 Å². The van der Waals surface area contributed by atoms with Gasteiger partial charge in [-0.3, -0.25) is 19.3 Å². The normalized spacial score (nSPS) is 22.1. The quantitative estimate of drug-likeness (QED) is 0.457. The average Bonchev–Trinajstić information content (AvgIpc) is 2.91. The van der Waals surface area contributed by atoms with Crippen molar-refractivity contribution in [1.82, 2.24) is 9.80 Å². The van der Waals surface area contributed by atoms with Crippen LogP contribution in [0.15, 0.2) is 24.3 Å². The number of amides is 5. The minimum absolute atomic E-state index is 0.102. The number of carbonyl (C=O) groups is 5. The van der Waals surface area contributed by atoms with Gasteiger partial charge in [0.05, 0.1) is 18.4 Å². The summed E-state index contributed by atoms with van der Waals surface area (Å²) in [7, 11) is 1.22. The fourth-order valence-electron chi connectivity index (χ4n) is 3.85. The predicted octanol–water partition coefficient (Wildman–Crippen LogP) is 1.78. The first-order chi connectivity index (χ1) is 13.8. The molecule has 0 unspecified atom stereocenters. The highest BCUT2D eigenvalue weighted by Crippen LogP contribution is 2.31. The number of anilines is 1. The van der Waals surface area contributed by atoms with Crippen molar-refractivity contribution >= 4 is 35.4 Å². The minimum atomic E-state index is -1.01. The van der Waals surface area contributed by atoms with Crippen LogP contribution in [0.1, 0.15) is 43.0 Å². The van der Waals surface area contributed by atoms with Crippen LogP contribution >= 0.6 is 0 Å². The third-order valence-corrected chi connectivity index (χ3v) is 5.39. The molecule has 0 bridgehead atoms. The molecule has 154 valence electrons. The molecular weight excluding hydrogens is 378 g/mol. The molecular formula is C20H23N3O6. The van der Waals surface area contributed by atoms with Crippen molar-refractivity contribution in [2.24, 2.45) is 5.92 Å². The molecule has 1 heterocycles. The Morgan fingerprint density at radius 3 is 2.48 bits per heavy atom. The number of hydrogen-bond acceptors (Lipinski definition) is 6. The van der Waals surface area contributed by atoms with Crippen molar-refractivity contribution in [2.45, 2.75) is 38.6 Å². The van der Waals surface area contributed by atoms with E-state index in [9.17, 15) is 24.0 Å². The van der Waals surface area contributed by atoms with Gasteiger partial charge in [-0.15, -0.1) is 0 Å². The summed E-state index contributed by atoms with van der Waals surface area (Å²) in [5, 5.41) is 2.50. The molecule has 2 aliphatic rings. The van der Waals surface area contributed by atoms with E-state index >= 15 is 0 Å². The third kappa shape index (κ3) is 3.98. The van der Waals surface area contributed by atoms with E-state index in [-0.39, 0.29) is 23.2 Å². The Balaban J connectivity index is 1.73. The smallest absolute Gasteiger partial charge is 0.339 e. The molecule has 0 radical (unpaired) electrons. The average molecular weight is 401 g/mol. The summed E-state index contributed by atoms with van der Waals surface area (Å²) in [5.41, 5.74) is 0.323. The number of nitrogens with zero attached hydrogens (tertiary/aromatic N) is 2. The van der Waals surface area contributed by atoms with E-state index in [0.717, 1.165) is 24.2 Å².